The molecule has 3 aromatic heterocycles. The van der Waals surface area contributed by atoms with E-state index in [1.807, 2.05) is 26.8 Å². The van der Waals surface area contributed by atoms with Gasteiger partial charge in [0.15, 0.2) is 11.6 Å². The number of fused-ring (bicyclic) bond motifs is 1. The molecule has 1 amide bonds. The predicted molar refractivity (Wildman–Crippen MR) is 110 cm³/mol. The summed E-state index contributed by atoms with van der Waals surface area (Å²) in [6, 6.07) is 3.64. The Morgan fingerprint density at radius 1 is 1.33 bits per heavy atom. The number of nitrogens with zero attached hydrogens (tertiary/aromatic N) is 4. The number of piperidine rings is 1. The van der Waals surface area contributed by atoms with Crippen LogP contribution in [0.5, 0.6) is 0 Å². The minimum atomic E-state index is -0.460. The summed E-state index contributed by atoms with van der Waals surface area (Å²) in [5, 5.41) is 8.30. The molecule has 4 rings (SSSR count). The van der Waals surface area contributed by atoms with Crippen molar-refractivity contribution in [3.05, 3.63) is 30.4 Å². The van der Waals surface area contributed by atoms with Gasteiger partial charge in [0.25, 0.3) is 5.89 Å². The lowest BCUT2D eigenvalue weighted by Gasteiger charge is -2.33. The smallest absolute Gasteiger partial charge is 0.410 e. The number of pyridine rings is 1. The van der Waals surface area contributed by atoms with E-state index in [4.69, 9.17) is 13.7 Å². The maximum absolute atomic E-state index is 12.1. The number of likely N-dealkylation sites (tertiary alicyclic amines) is 1. The third-order valence-electron chi connectivity index (χ3n) is 4.98. The highest BCUT2D eigenvalue weighted by atomic mass is 16.6. The van der Waals surface area contributed by atoms with Gasteiger partial charge in [0, 0.05) is 30.9 Å². The second-order valence-electron chi connectivity index (χ2n) is 8.58. The fraction of sp³-hybridized carbons (Fsp3) is 0.524. The molecule has 0 bridgehead atoms. The summed E-state index contributed by atoms with van der Waals surface area (Å²) in [7, 11) is 0. The summed E-state index contributed by atoms with van der Waals surface area (Å²) < 4.78 is 16.5. The van der Waals surface area contributed by atoms with Crippen LogP contribution < -0.4 is 5.32 Å². The van der Waals surface area contributed by atoms with Gasteiger partial charge in [-0.05, 0) is 58.2 Å². The van der Waals surface area contributed by atoms with E-state index in [0.29, 0.717) is 43.0 Å². The first kappa shape index (κ1) is 20.3. The van der Waals surface area contributed by atoms with Crippen LogP contribution in [0.4, 0.5) is 4.79 Å². The SMILES string of the molecule is CC(C)(C)OC(=O)N1CCC(CNCc2noc(-c3cc4cnccc4o3)n2)CC1. The fourth-order valence-electron chi connectivity index (χ4n) is 3.45. The van der Waals surface area contributed by atoms with Crippen LogP contribution in [-0.4, -0.2) is 51.4 Å². The van der Waals surface area contributed by atoms with Crippen molar-refractivity contribution in [1.29, 1.82) is 0 Å². The molecule has 1 N–H and O–H groups in total. The van der Waals surface area contributed by atoms with Crippen molar-refractivity contribution >= 4 is 17.1 Å². The molecule has 1 aliphatic heterocycles. The maximum Gasteiger partial charge on any atom is 0.410 e. The first-order valence-electron chi connectivity index (χ1n) is 10.2. The maximum atomic E-state index is 12.1. The quantitative estimate of drug-likeness (QED) is 0.676. The molecule has 160 valence electrons. The highest BCUT2D eigenvalue weighted by molar-refractivity contribution is 5.80. The normalized spacial score (nSPS) is 15.6. The number of furan rings is 1. The van der Waals surface area contributed by atoms with Crippen molar-refractivity contribution in [2.24, 2.45) is 5.92 Å². The Labute approximate surface area is 174 Å². The van der Waals surface area contributed by atoms with E-state index in [2.05, 4.69) is 20.4 Å². The van der Waals surface area contributed by atoms with E-state index in [-0.39, 0.29) is 6.09 Å². The minimum absolute atomic E-state index is 0.227. The lowest BCUT2D eigenvalue weighted by molar-refractivity contribution is 0.0184. The molecule has 0 saturated carbocycles. The van der Waals surface area contributed by atoms with Gasteiger partial charge >= 0.3 is 6.09 Å². The zero-order chi connectivity index (χ0) is 21.1. The van der Waals surface area contributed by atoms with Crippen molar-refractivity contribution in [2.75, 3.05) is 19.6 Å². The van der Waals surface area contributed by atoms with Crippen molar-refractivity contribution in [3.63, 3.8) is 0 Å². The average molecular weight is 413 g/mol. The molecule has 9 nitrogen and oxygen atoms in total. The van der Waals surface area contributed by atoms with Crippen molar-refractivity contribution in [2.45, 2.75) is 45.8 Å². The molecule has 3 aromatic rings. The first-order chi connectivity index (χ1) is 14.4. The Hall–Kier alpha value is -2.94. The van der Waals surface area contributed by atoms with Crippen LogP contribution in [0.15, 0.2) is 33.5 Å². The number of aromatic nitrogens is 3. The molecule has 1 fully saturated rings. The second-order valence-corrected chi connectivity index (χ2v) is 8.58. The third kappa shape index (κ3) is 4.96. The van der Waals surface area contributed by atoms with Gasteiger partial charge in [-0.1, -0.05) is 5.16 Å². The number of carbonyl (C=O) groups excluding carboxylic acids is 1. The summed E-state index contributed by atoms with van der Waals surface area (Å²) in [5.74, 6) is 1.97. The lowest BCUT2D eigenvalue weighted by Crippen LogP contribution is -2.43. The molecule has 0 aromatic carbocycles. The molecule has 30 heavy (non-hydrogen) atoms. The minimum Gasteiger partial charge on any atom is -0.451 e. The molecule has 9 heteroatoms. The number of amides is 1. The number of ether oxygens (including phenoxy) is 1. The Kier molecular flexibility index (Phi) is 5.72. The van der Waals surface area contributed by atoms with Gasteiger partial charge in [-0.3, -0.25) is 4.98 Å². The summed E-state index contributed by atoms with van der Waals surface area (Å²) in [6.07, 6.45) is 5.06. The summed E-state index contributed by atoms with van der Waals surface area (Å²) >= 11 is 0. The fourth-order valence-corrected chi connectivity index (χ4v) is 3.45. The summed E-state index contributed by atoms with van der Waals surface area (Å²) in [5.41, 5.74) is 0.272. The molecule has 1 saturated heterocycles. The molecule has 4 heterocycles. The third-order valence-corrected chi connectivity index (χ3v) is 4.98. The van der Waals surface area contributed by atoms with E-state index in [1.165, 1.54) is 0 Å². The van der Waals surface area contributed by atoms with Gasteiger partial charge in [0.1, 0.15) is 11.2 Å². The molecule has 0 radical (unpaired) electrons. The highest BCUT2D eigenvalue weighted by Gasteiger charge is 2.26. The Bertz CT molecular complexity index is 965. The number of hydrogen-bond donors (Lipinski definition) is 1. The van der Waals surface area contributed by atoms with Gasteiger partial charge in [0.05, 0.1) is 6.54 Å². The molecule has 0 spiro atoms. The highest BCUT2D eigenvalue weighted by Crippen LogP contribution is 2.26. The van der Waals surface area contributed by atoms with Crippen molar-refractivity contribution in [3.8, 4) is 11.7 Å². The lowest BCUT2D eigenvalue weighted by atomic mass is 9.97. The molecular weight excluding hydrogens is 386 g/mol. The molecular formula is C21H27N5O4. The van der Waals surface area contributed by atoms with Gasteiger partial charge in [0.2, 0.25) is 0 Å². The van der Waals surface area contributed by atoms with Crippen molar-refractivity contribution in [1.82, 2.24) is 25.3 Å². The van der Waals surface area contributed by atoms with Crippen LogP contribution in [0.2, 0.25) is 0 Å². The average Bonchev–Trinajstić information content (AvgIpc) is 3.34. The van der Waals surface area contributed by atoms with Crippen LogP contribution >= 0.6 is 0 Å². The summed E-state index contributed by atoms with van der Waals surface area (Å²) in [4.78, 5) is 22.4. The number of rotatable bonds is 5. The molecule has 0 aliphatic carbocycles. The standard InChI is InChI=1S/C21H27N5O4/c1-21(2,3)29-20(27)26-8-5-14(6-9-26)11-23-13-18-24-19(30-25-18)17-10-15-12-22-7-4-16(15)28-17/h4,7,10,12,14,23H,5-6,8-9,11,13H2,1-3H3. The van der Waals surface area contributed by atoms with E-state index in [0.717, 1.165) is 30.4 Å². The van der Waals surface area contributed by atoms with Crippen molar-refractivity contribution < 1.29 is 18.5 Å². The topological polar surface area (TPSA) is 107 Å². The largest absolute Gasteiger partial charge is 0.451 e. The van der Waals surface area contributed by atoms with E-state index >= 15 is 0 Å². The number of nitrogens with one attached hydrogen (secondary N) is 1. The monoisotopic (exact) mass is 413 g/mol. The zero-order valence-electron chi connectivity index (χ0n) is 17.6. The van der Waals surface area contributed by atoms with Crippen LogP contribution in [-0.2, 0) is 11.3 Å². The molecule has 0 unspecified atom stereocenters. The van der Waals surface area contributed by atoms with E-state index in [1.54, 1.807) is 23.4 Å². The molecule has 1 aliphatic rings. The van der Waals surface area contributed by atoms with Crippen LogP contribution in [0, 0.1) is 5.92 Å². The van der Waals surface area contributed by atoms with Gasteiger partial charge in [-0.2, -0.15) is 4.98 Å². The number of carbonyl (C=O) groups is 1. The number of hydrogen-bond acceptors (Lipinski definition) is 8. The Morgan fingerprint density at radius 3 is 2.87 bits per heavy atom. The summed E-state index contributed by atoms with van der Waals surface area (Å²) in [6.45, 7) is 8.44. The van der Waals surface area contributed by atoms with Crippen LogP contribution in [0.3, 0.4) is 0 Å². The van der Waals surface area contributed by atoms with E-state index < -0.39 is 5.60 Å². The zero-order valence-corrected chi connectivity index (χ0v) is 17.6. The van der Waals surface area contributed by atoms with Gasteiger partial charge in [-0.25, -0.2) is 4.79 Å². The molecule has 0 atom stereocenters. The van der Waals surface area contributed by atoms with Crippen LogP contribution in [0.1, 0.15) is 39.4 Å². The second kappa shape index (κ2) is 8.43. The Balaban J connectivity index is 1.23. The van der Waals surface area contributed by atoms with Crippen LogP contribution in [0.25, 0.3) is 22.6 Å². The predicted octanol–water partition coefficient (Wildman–Crippen LogP) is 3.61. The van der Waals surface area contributed by atoms with Gasteiger partial charge in [-0.15, -0.1) is 0 Å². The Morgan fingerprint density at radius 2 is 2.13 bits per heavy atom. The first-order valence-corrected chi connectivity index (χ1v) is 10.2. The van der Waals surface area contributed by atoms with Gasteiger partial charge < -0.3 is 23.9 Å². The van der Waals surface area contributed by atoms with E-state index in [9.17, 15) is 4.79 Å².